The quantitative estimate of drug-likeness (QED) is 0.342. The number of H-pyrrole nitrogens is 1. The van der Waals surface area contributed by atoms with Crippen molar-refractivity contribution in [2.24, 2.45) is 0 Å². The average molecular weight is 482 g/mol. The third kappa shape index (κ3) is 5.71. The summed E-state index contributed by atoms with van der Waals surface area (Å²) in [5.41, 5.74) is 2.25. The first-order valence-electron chi connectivity index (χ1n) is 11.6. The molecule has 5 rings (SSSR count). The molecule has 0 spiro atoms. The highest BCUT2D eigenvalue weighted by molar-refractivity contribution is 5.83. The molecule has 0 bridgehead atoms. The summed E-state index contributed by atoms with van der Waals surface area (Å²) in [5.74, 6) is 0.951. The van der Waals surface area contributed by atoms with Gasteiger partial charge in [-0.3, -0.25) is 4.90 Å². The first-order valence-corrected chi connectivity index (χ1v) is 11.6. The van der Waals surface area contributed by atoms with Crippen LogP contribution in [-0.4, -0.2) is 44.0 Å². The van der Waals surface area contributed by atoms with Gasteiger partial charge in [0.2, 0.25) is 5.95 Å². The zero-order valence-corrected chi connectivity index (χ0v) is 19.0. The lowest BCUT2D eigenvalue weighted by Gasteiger charge is -2.32. The van der Waals surface area contributed by atoms with E-state index in [1.807, 2.05) is 6.07 Å². The summed E-state index contributed by atoms with van der Waals surface area (Å²) in [7, 11) is 0. The number of aromatic amines is 1. The van der Waals surface area contributed by atoms with Crippen molar-refractivity contribution in [3.8, 4) is 0 Å². The van der Waals surface area contributed by atoms with Gasteiger partial charge in [0.25, 0.3) is 0 Å². The number of benzene rings is 2. The van der Waals surface area contributed by atoms with E-state index < -0.39 is 11.7 Å². The maximum absolute atomic E-state index is 13.0. The monoisotopic (exact) mass is 481 g/mol. The van der Waals surface area contributed by atoms with Gasteiger partial charge >= 0.3 is 6.18 Å². The number of nitrogens with one attached hydrogen (secondary N) is 3. The normalized spacial score (nSPS) is 15.4. The number of piperidine rings is 1. The Morgan fingerprint density at radius 3 is 2.51 bits per heavy atom. The number of halogens is 3. The van der Waals surface area contributed by atoms with Crippen LogP contribution in [0.15, 0.2) is 60.9 Å². The Hall–Kier alpha value is -3.66. The molecule has 0 radical (unpaired) electrons. The lowest BCUT2D eigenvalue weighted by atomic mass is 10.0. The molecule has 1 aliphatic rings. The van der Waals surface area contributed by atoms with Crippen molar-refractivity contribution in [3.63, 3.8) is 0 Å². The van der Waals surface area contributed by atoms with Crippen LogP contribution in [0.2, 0.25) is 0 Å². The zero-order chi connectivity index (χ0) is 24.3. The van der Waals surface area contributed by atoms with E-state index in [0.29, 0.717) is 28.5 Å². The van der Waals surface area contributed by atoms with Crippen molar-refractivity contribution in [2.45, 2.75) is 38.1 Å². The number of fused-ring (bicyclic) bond motifs is 1. The molecule has 0 saturated carbocycles. The molecule has 0 unspecified atom stereocenters. The number of rotatable bonds is 7. The summed E-state index contributed by atoms with van der Waals surface area (Å²) >= 11 is 0. The van der Waals surface area contributed by atoms with Crippen LogP contribution >= 0.6 is 0 Å². The molecule has 7 nitrogen and oxygen atoms in total. The van der Waals surface area contributed by atoms with Crippen molar-refractivity contribution in [3.05, 3.63) is 77.6 Å². The van der Waals surface area contributed by atoms with Crippen molar-refractivity contribution >= 4 is 22.9 Å². The molecule has 2 aromatic heterocycles. The molecule has 1 fully saturated rings. The minimum absolute atomic E-state index is 0.187. The van der Waals surface area contributed by atoms with Crippen molar-refractivity contribution in [1.82, 2.24) is 24.8 Å². The highest BCUT2D eigenvalue weighted by Gasteiger charge is 2.30. The Labute approximate surface area is 200 Å². The molecule has 182 valence electrons. The number of aromatic nitrogens is 4. The predicted octanol–water partition coefficient (Wildman–Crippen LogP) is 5.06. The highest BCUT2D eigenvalue weighted by Crippen LogP contribution is 2.30. The molecule has 4 aromatic rings. The van der Waals surface area contributed by atoms with E-state index >= 15 is 0 Å². The van der Waals surface area contributed by atoms with Crippen molar-refractivity contribution in [2.75, 3.05) is 23.7 Å². The van der Waals surface area contributed by atoms with Gasteiger partial charge in [0.05, 0.1) is 11.9 Å². The van der Waals surface area contributed by atoms with Gasteiger partial charge in [-0.2, -0.15) is 23.1 Å². The second-order valence-corrected chi connectivity index (χ2v) is 8.73. The maximum atomic E-state index is 13.0. The van der Waals surface area contributed by atoms with E-state index in [1.165, 1.54) is 18.0 Å². The van der Waals surface area contributed by atoms with E-state index in [0.717, 1.165) is 44.6 Å². The number of hydrogen-bond donors (Lipinski definition) is 3. The molecule has 10 heteroatoms. The third-order valence-electron chi connectivity index (χ3n) is 6.17. The summed E-state index contributed by atoms with van der Waals surface area (Å²) in [6.45, 7) is 3.06. The van der Waals surface area contributed by atoms with Gasteiger partial charge in [-0.1, -0.05) is 42.5 Å². The molecule has 2 aromatic carbocycles. The molecule has 0 atom stereocenters. The van der Waals surface area contributed by atoms with E-state index in [2.05, 4.69) is 59.7 Å². The van der Waals surface area contributed by atoms with E-state index in [-0.39, 0.29) is 12.6 Å². The molecule has 3 heterocycles. The van der Waals surface area contributed by atoms with Gasteiger partial charge in [-0.05, 0) is 36.1 Å². The Balaban J connectivity index is 1.23. The molecular formula is C25H26F3N7. The van der Waals surface area contributed by atoms with Gasteiger partial charge in [0.1, 0.15) is 5.52 Å². The number of nitrogens with zero attached hydrogens (tertiary/aromatic N) is 4. The molecule has 35 heavy (non-hydrogen) atoms. The van der Waals surface area contributed by atoms with Gasteiger partial charge in [0.15, 0.2) is 11.5 Å². The van der Waals surface area contributed by atoms with Crippen LogP contribution < -0.4 is 10.6 Å². The topological polar surface area (TPSA) is 81.8 Å². The van der Waals surface area contributed by atoms with Gasteiger partial charge in [0, 0.05) is 32.2 Å². The smallest absolute Gasteiger partial charge is 0.364 e. The second-order valence-electron chi connectivity index (χ2n) is 8.73. The number of imidazole rings is 1. The second kappa shape index (κ2) is 9.91. The van der Waals surface area contributed by atoms with Crippen LogP contribution in [0.5, 0.6) is 0 Å². The summed E-state index contributed by atoms with van der Waals surface area (Å²) in [6.07, 6.45) is -0.931. The summed E-state index contributed by atoms with van der Waals surface area (Å²) in [4.78, 5) is 18.8. The fraction of sp³-hybridized carbons (Fsp3) is 0.320. The highest BCUT2D eigenvalue weighted by atomic mass is 19.4. The molecule has 0 aliphatic carbocycles. The molecule has 1 saturated heterocycles. The predicted molar refractivity (Wildman–Crippen MR) is 129 cm³/mol. The minimum atomic E-state index is -4.38. The first kappa shape index (κ1) is 23.1. The lowest BCUT2D eigenvalue weighted by Crippen LogP contribution is -2.39. The Bertz CT molecular complexity index is 1270. The van der Waals surface area contributed by atoms with E-state index in [4.69, 9.17) is 0 Å². The molecule has 0 amide bonds. The maximum Gasteiger partial charge on any atom is 0.416 e. The Morgan fingerprint density at radius 1 is 0.971 bits per heavy atom. The van der Waals surface area contributed by atoms with Crippen LogP contribution in [-0.2, 0) is 19.3 Å². The van der Waals surface area contributed by atoms with Crippen LogP contribution in [0.3, 0.4) is 0 Å². The van der Waals surface area contributed by atoms with Crippen LogP contribution in [0.4, 0.5) is 24.9 Å². The van der Waals surface area contributed by atoms with Gasteiger partial charge < -0.3 is 15.6 Å². The third-order valence-corrected chi connectivity index (χ3v) is 6.17. The largest absolute Gasteiger partial charge is 0.416 e. The molecular weight excluding hydrogens is 455 g/mol. The standard InChI is InChI=1S/C25H26F3N7/c26-25(27,28)19-8-4-7-18(13-19)14-29-22-21-23(31-16-30-21)34-24(33-22)32-20-9-11-35(12-10-20)15-17-5-2-1-3-6-17/h1-8,13,16,20H,9-12,14-15H2,(H3,29,30,31,32,33,34). The fourth-order valence-corrected chi connectivity index (χ4v) is 4.33. The lowest BCUT2D eigenvalue weighted by molar-refractivity contribution is -0.137. The molecule has 1 aliphatic heterocycles. The average Bonchev–Trinajstić information content (AvgIpc) is 3.33. The summed E-state index contributed by atoms with van der Waals surface area (Å²) in [5, 5.41) is 6.57. The van der Waals surface area contributed by atoms with Crippen LogP contribution in [0.25, 0.3) is 11.2 Å². The fourth-order valence-electron chi connectivity index (χ4n) is 4.33. The summed E-state index contributed by atoms with van der Waals surface area (Å²) < 4.78 is 39.1. The van der Waals surface area contributed by atoms with Gasteiger partial charge in [-0.15, -0.1) is 0 Å². The van der Waals surface area contributed by atoms with Crippen molar-refractivity contribution in [1.29, 1.82) is 0 Å². The Kier molecular flexibility index (Phi) is 6.54. The molecule has 3 N–H and O–H groups in total. The number of alkyl halides is 3. The Morgan fingerprint density at radius 2 is 1.74 bits per heavy atom. The zero-order valence-electron chi connectivity index (χ0n) is 19.0. The van der Waals surface area contributed by atoms with Gasteiger partial charge in [-0.25, -0.2) is 4.98 Å². The first-order chi connectivity index (χ1) is 16.9. The van der Waals surface area contributed by atoms with Crippen LogP contribution in [0, 0.1) is 0 Å². The van der Waals surface area contributed by atoms with E-state index in [1.54, 1.807) is 6.07 Å². The SMILES string of the molecule is FC(F)(F)c1cccc(CNc2nc(NC3CCN(Cc4ccccc4)CC3)nc3nc[nH]c23)c1. The van der Waals surface area contributed by atoms with Crippen LogP contribution in [0.1, 0.15) is 29.5 Å². The number of hydrogen-bond acceptors (Lipinski definition) is 6. The minimum Gasteiger partial charge on any atom is -0.364 e. The summed E-state index contributed by atoms with van der Waals surface area (Å²) in [6, 6.07) is 15.9. The van der Waals surface area contributed by atoms with E-state index in [9.17, 15) is 13.2 Å². The number of likely N-dealkylation sites (tertiary alicyclic amines) is 1. The number of anilines is 2. The van der Waals surface area contributed by atoms with Crippen molar-refractivity contribution < 1.29 is 13.2 Å².